The summed E-state index contributed by atoms with van der Waals surface area (Å²) in [4.78, 5) is 36.4. The zero-order chi connectivity index (χ0) is 15.6. The summed E-state index contributed by atoms with van der Waals surface area (Å²) in [6.07, 6.45) is 2.73. The van der Waals surface area contributed by atoms with Gasteiger partial charge in [-0.15, -0.1) is 0 Å². The van der Waals surface area contributed by atoms with Crippen LogP contribution >= 0.6 is 11.6 Å². The van der Waals surface area contributed by atoms with Gasteiger partial charge in [0.15, 0.2) is 0 Å². The molecule has 3 aliphatic heterocycles. The number of non-ortho nitro benzene ring substituents is 1. The van der Waals surface area contributed by atoms with Crippen molar-refractivity contribution < 1.29 is 19.2 Å². The number of ether oxygens (including phenoxy) is 1. The third kappa shape index (κ3) is 1.60. The Balaban J connectivity index is 1.79. The maximum atomic E-state index is 12.6. The van der Waals surface area contributed by atoms with Gasteiger partial charge in [-0.05, 0) is 6.07 Å². The van der Waals surface area contributed by atoms with Crippen molar-refractivity contribution in [2.45, 2.75) is 12.2 Å². The Hall–Kier alpha value is -2.25. The van der Waals surface area contributed by atoms with E-state index in [1.165, 1.54) is 12.1 Å². The first kappa shape index (κ1) is 13.4. The molecule has 3 heterocycles. The molecule has 8 heteroatoms. The second-order valence-electron chi connectivity index (χ2n) is 5.41. The van der Waals surface area contributed by atoms with E-state index in [1.54, 1.807) is 12.2 Å². The minimum absolute atomic E-state index is 0.0552. The molecule has 2 amide bonds. The smallest absolute Gasteiger partial charge is 0.271 e. The van der Waals surface area contributed by atoms with Crippen LogP contribution in [0.4, 0.5) is 11.4 Å². The molecule has 0 unspecified atom stereocenters. The summed E-state index contributed by atoms with van der Waals surface area (Å²) in [5.74, 6) is -1.99. The molecule has 0 N–H and O–H groups in total. The lowest BCUT2D eigenvalue weighted by atomic mass is 9.85. The fourth-order valence-electron chi connectivity index (χ4n) is 3.33. The molecule has 4 atom stereocenters. The quantitative estimate of drug-likeness (QED) is 0.358. The van der Waals surface area contributed by atoms with E-state index in [0.717, 1.165) is 11.0 Å². The van der Waals surface area contributed by atoms with E-state index >= 15 is 0 Å². The molecule has 0 radical (unpaired) electrons. The summed E-state index contributed by atoms with van der Waals surface area (Å²) in [5.41, 5.74) is -0.172. The van der Waals surface area contributed by atoms with Gasteiger partial charge in [-0.1, -0.05) is 23.8 Å². The molecule has 7 nitrogen and oxygen atoms in total. The summed E-state index contributed by atoms with van der Waals surface area (Å²) in [6.45, 7) is 0. The number of fused-ring (bicyclic) bond motifs is 5. The van der Waals surface area contributed by atoms with Gasteiger partial charge in [-0.25, -0.2) is 4.90 Å². The van der Waals surface area contributed by atoms with Gasteiger partial charge in [-0.2, -0.15) is 0 Å². The van der Waals surface area contributed by atoms with E-state index in [-0.39, 0.29) is 16.4 Å². The Morgan fingerprint density at radius 1 is 1.14 bits per heavy atom. The highest BCUT2D eigenvalue weighted by atomic mass is 35.5. The maximum Gasteiger partial charge on any atom is 0.271 e. The number of carbonyl (C=O) groups excluding carboxylic acids is 2. The zero-order valence-electron chi connectivity index (χ0n) is 11.0. The number of nitro benzene ring substituents is 1. The zero-order valence-corrected chi connectivity index (χ0v) is 11.8. The predicted molar refractivity (Wildman–Crippen MR) is 75.4 cm³/mol. The maximum absolute atomic E-state index is 12.6. The van der Waals surface area contributed by atoms with Gasteiger partial charge in [0.05, 0.1) is 39.7 Å². The van der Waals surface area contributed by atoms with E-state index < -0.39 is 40.8 Å². The lowest BCUT2D eigenvalue weighted by Gasteiger charge is -2.18. The van der Waals surface area contributed by atoms with Crippen LogP contribution in [0.3, 0.4) is 0 Å². The van der Waals surface area contributed by atoms with E-state index in [2.05, 4.69) is 0 Å². The Kier molecular flexibility index (Phi) is 2.67. The number of nitrogens with zero attached hydrogens (tertiary/aromatic N) is 2. The average Bonchev–Trinajstić information content (AvgIpc) is 3.14. The lowest BCUT2D eigenvalue weighted by Crippen LogP contribution is -2.34. The molecule has 2 fully saturated rings. The minimum Gasteiger partial charge on any atom is -0.365 e. The largest absolute Gasteiger partial charge is 0.365 e. The molecule has 112 valence electrons. The highest BCUT2D eigenvalue weighted by Crippen LogP contribution is 2.47. The fourth-order valence-corrected chi connectivity index (χ4v) is 3.53. The molecule has 4 rings (SSSR count). The Morgan fingerprint density at radius 2 is 1.73 bits per heavy atom. The first-order valence-electron chi connectivity index (χ1n) is 6.64. The van der Waals surface area contributed by atoms with Crippen molar-refractivity contribution in [2.75, 3.05) is 4.90 Å². The molecular formula is C14H9ClN2O5. The number of anilines is 1. The number of carbonyl (C=O) groups is 2. The van der Waals surface area contributed by atoms with Crippen LogP contribution in [0.2, 0.25) is 5.02 Å². The first-order valence-corrected chi connectivity index (χ1v) is 7.02. The monoisotopic (exact) mass is 320 g/mol. The van der Waals surface area contributed by atoms with Crippen molar-refractivity contribution in [3.05, 3.63) is 45.5 Å². The normalized spacial score (nSPS) is 32.0. The number of benzene rings is 1. The van der Waals surface area contributed by atoms with Crippen LogP contribution in [-0.4, -0.2) is 28.9 Å². The second-order valence-corrected chi connectivity index (χ2v) is 5.81. The summed E-state index contributed by atoms with van der Waals surface area (Å²) in [6, 6.07) is 3.69. The van der Waals surface area contributed by atoms with Crippen molar-refractivity contribution in [1.29, 1.82) is 0 Å². The van der Waals surface area contributed by atoms with Crippen molar-refractivity contribution in [2.24, 2.45) is 11.8 Å². The molecule has 22 heavy (non-hydrogen) atoms. The molecule has 0 saturated carbocycles. The van der Waals surface area contributed by atoms with Gasteiger partial charge in [-0.3, -0.25) is 19.7 Å². The van der Waals surface area contributed by atoms with Crippen LogP contribution in [0.15, 0.2) is 30.4 Å². The molecule has 2 saturated heterocycles. The first-order chi connectivity index (χ1) is 10.5. The molecule has 2 bridgehead atoms. The molecule has 1 aromatic rings. The van der Waals surface area contributed by atoms with Crippen LogP contribution in [0.25, 0.3) is 0 Å². The number of rotatable bonds is 2. The average molecular weight is 321 g/mol. The SMILES string of the molecule is O=C1[C@@H]2[C@@H](C(=O)N1c1cc([N+](=O)[O-])ccc1Cl)[C@@H]1C=C[C@@H]2O1. The lowest BCUT2D eigenvalue weighted by molar-refractivity contribution is -0.384. The molecule has 1 aromatic carbocycles. The number of nitro groups is 1. The molecule has 3 aliphatic rings. The predicted octanol–water partition coefficient (Wildman–Crippen LogP) is 1.69. The number of amides is 2. The highest BCUT2D eigenvalue weighted by Gasteiger charge is 2.61. The van der Waals surface area contributed by atoms with E-state index in [0.29, 0.717) is 0 Å². The number of imide groups is 1. The van der Waals surface area contributed by atoms with Crippen LogP contribution < -0.4 is 4.90 Å². The van der Waals surface area contributed by atoms with Gasteiger partial charge < -0.3 is 4.74 Å². The summed E-state index contributed by atoms with van der Waals surface area (Å²) in [5, 5.41) is 11.0. The third-order valence-corrected chi connectivity index (χ3v) is 4.61. The Labute approximate surface area is 129 Å². The van der Waals surface area contributed by atoms with Gasteiger partial charge in [0, 0.05) is 12.1 Å². The third-order valence-electron chi connectivity index (χ3n) is 4.29. The van der Waals surface area contributed by atoms with E-state index in [9.17, 15) is 19.7 Å². The van der Waals surface area contributed by atoms with Crippen molar-refractivity contribution in [3.8, 4) is 0 Å². The van der Waals surface area contributed by atoms with Gasteiger partial charge in [0.25, 0.3) is 5.69 Å². The van der Waals surface area contributed by atoms with Crippen LogP contribution in [0.1, 0.15) is 0 Å². The van der Waals surface area contributed by atoms with E-state index in [4.69, 9.17) is 16.3 Å². The molecule has 0 aromatic heterocycles. The van der Waals surface area contributed by atoms with Crippen molar-refractivity contribution >= 4 is 34.8 Å². The number of hydrogen-bond donors (Lipinski definition) is 0. The summed E-state index contributed by atoms with van der Waals surface area (Å²) >= 11 is 6.04. The standard InChI is InChI=1S/C14H9ClN2O5/c15-7-2-1-6(17(20)21)5-8(7)16-13(18)11-9-3-4-10(22-9)12(11)14(16)19/h1-5,9-12H/t9-,10-,11-,12-/m0/s1. The van der Waals surface area contributed by atoms with Gasteiger partial charge in [0.2, 0.25) is 11.8 Å². The second kappa shape index (κ2) is 4.37. The molecule has 0 aliphatic carbocycles. The van der Waals surface area contributed by atoms with Crippen molar-refractivity contribution in [3.63, 3.8) is 0 Å². The van der Waals surface area contributed by atoms with Crippen LogP contribution in [0.5, 0.6) is 0 Å². The molecular weight excluding hydrogens is 312 g/mol. The topological polar surface area (TPSA) is 89.8 Å². The van der Waals surface area contributed by atoms with Gasteiger partial charge in [0.1, 0.15) is 0 Å². The van der Waals surface area contributed by atoms with Crippen LogP contribution in [0, 0.1) is 22.0 Å². The van der Waals surface area contributed by atoms with Gasteiger partial charge >= 0.3 is 0 Å². The number of hydrogen-bond acceptors (Lipinski definition) is 5. The minimum atomic E-state index is -0.597. The highest BCUT2D eigenvalue weighted by molar-refractivity contribution is 6.36. The van der Waals surface area contributed by atoms with Crippen molar-refractivity contribution in [1.82, 2.24) is 0 Å². The number of halogens is 1. The molecule has 0 spiro atoms. The Bertz CT molecular complexity index is 732. The Morgan fingerprint density at radius 3 is 2.27 bits per heavy atom. The summed E-state index contributed by atoms with van der Waals surface area (Å²) < 4.78 is 5.54. The summed E-state index contributed by atoms with van der Waals surface area (Å²) in [7, 11) is 0. The van der Waals surface area contributed by atoms with E-state index in [1.807, 2.05) is 0 Å². The fraction of sp³-hybridized carbons (Fsp3) is 0.286. The van der Waals surface area contributed by atoms with Crippen LogP contribution in [-0.2, 0) is 14.3 Å².